The molecule has 4 rings (SSSR count). The van der Waals surface area contributed by atoms with Gasteiger partial charge in [-0.25, -0.2) is 10.2 Å². The summed E-state index contributed by atoms with van der Waals surface area (Å²) in [7, 11) is 0. The molecule has 4 aromatic rings. The van der Waals surface area contributed by atoms with Gasteiger partial charge in [-0.15, -0.1) is 0 Å². The van der Waals surface area contributed by atoms with E-state index in [-0.39, 0.29) is 5.91 Å². The van der Waals surface area contributed by atoms with Crippen LogP contribution in [0.3, 0.4) is 0 Å². The number of hydrogen-bond acceptors (Lipinski definition) is 5. The lowest BCUT2D eigenvalue weighted by molar-refractivity contribution is 0.0734. The van der Waals surface area contributed by atoms with Gasteiger partial charge in [-0.3, -0.25) is 4.79 Å². The summed E-state index contributed by atoms with van der Waals surface area (Å²) in [5.41, 5.74) is 4.99. The average Bonchev–Trinajstić information content (AvgIpc) is 2.85. The van der Waals surface area contributed by atoms with Gasteiger partial charge in [0.2, 0.25) is 0 Å². The first-order valence-electron chi connectivity index (χ1n) is 10.9. The van der Waals surface area contributed by atoms with Crippen LogP contribution in [0.25, 0.3) is 10.8 Å². The molecule has 4 aromatic carbocycles. The van der Waals surface area contributed by atoms with Crippen LogP contribution in [0.2, 0.25) is 0 Å². The number of ether oxygens (including phenoxy) is 2. The summed E-state index contributed by atoms with van der Waals surface area (Å²) in [4.78, 5) is 25.2. The van der Waals surface area contributed by atoms with Crippen molar-refractivity contribution in [3.05, 3.63) is 107 Å². The van der Waals surface area contributed by atoms with Gasteiger partial charge >= 0.3 is 5.97 Å². The highest BCUT2D eigenvalue weighted by Gasteiger charge is 2.14. The minimum absolute atomic E-state index is 0.351. The second-order valence-electron chi connectivity index (χ2n) is 7.61. The van der Waals surface area contributed by atoms with Crippen molar-refractivity contribution in [3.63, 3.8) is 0 Å². The van der Waals surface area contributed by atoms with Crippen LogP contribution in [-0.4, -0.2) is 24.7 Å². The van der Waals surface area contributed by atoms with Gasteiger partial charge in [-0.05, 0) is 67.1 Å². The van der Waals surface area contributed by atoms with Crippen molar-refractivity contribution in [3.8, 4) is 11.5 Å². The second-order valence-corrected chi connectivity index (χ2v) is 7.61. The highest BCUT2D eigenvalue weighted by atomic mass is 16.5. The molecular formula is C28H24N2O4. The fourth-order valence-electron chi connectivity index (χ4n) is 3.52. The molecule has 6 heteroatoms. The van der Waals surface area contributed by atoms with Crippen LogP contribution < -0.4 is 14.9 Å². The number of hydrogen-bond donors (Lipinski definition) is 1. The molecule has 0 aliphatic carbocycles. The van der Waals surface area contributed by atoms with Crippen LogP contribution in [0.5, 0.6) is 11.5 Å². The third kappa shape index (κ3) is 5.30. The molecule has 0 aliphatic rings. The number of hydrazone groups is 1. The van der Waals surface area contributed by atoms with Crippen LogP contribution in [0.15, 0.2) is 90.0 Å². The number of aryl methyl sites for hydroxylation is 1. The van der Waals surface area contributed by atoms with Gasteiger partial charge in [-0.1, -0.05) is 48.0 Å². The summed E-state index contributed by atoms with van der Waals surface area (Å²) < 4.78 is 11.1. The quantitative estimate of drug-likeness (QED) is 0.173. The van der Waals surface area contributed by atoms with Gasteiger partial charge in [-0.2, -0.15) is 5.10 Å². The Hall–Kier alpha value is -4.45. The van der Waals surface area contributed by atoms with E-state index in [9.17, 15) is 9.59 Å². The van der Waals surface area contributed by atoms with Crippen molar-refractivity contribution in [1.82, 2.24) is 5.43 Å². The molecule has 0 spiro atoms. The number of fused-ring (bicyclic) bond motifs is 1. The van der Waals surface area contributed by atoms with E-state index in [1.165, 1.54) is 6.21 Å². The highest BCUT2D eigenvalue weighted by Crippen LogP contribution is 2.27. The maximum absolute atomic E-state index is 12.7. The van der Waals surface area contributed by atoms with E-state index in [1.54, 1.807) is 42.5 Å². The number of carbonyl (C=O) groups is 2. The summed E-state index contributed by atoms with van der Waals surface area (Å²) in [6.07, 6.45) is 1.49. The maximum atomic E-state index is 12.7. The van der Waals surface area contributed by atoms with E-state index in [0.29, 0.717) is 34.8 Å². The van der Waals surface area contributed by atoms with Crippen LogP contribution in [-0.2, 0) is 0 Å². The summed E-state index contributed by atoms with van der Waals surface area (Å²) in [6.45, 7) is 4.37. The van der Waals surface area contributed by atoms with Gasteiger partial charge in [0.15, 0.2) is 0 Å². The molecule has 0 fully saturated rings. The summed E-state index contributed by atoms with van der Waals surface area (Å²) in [6, 6.07) is 25.3. The Bertz CT molecular complexity index is 1360. The fraction of sp³-hybridized carbons (Fsp3) is 0.107. The highest BCUT2D eigenvalue weighted by molar-refractivity contribution is 6.04. The van der Waals surface area contributed by atoms with Gasteiger partial charge in [0.05, 0.1) is 18.4 Å². The van der Waals surface area contributed by atoms with E-state index in [0.717, 1.165) is 16.3 Å². The van der Waals surface area contributed by atoms with Crippen molar-refractivity contribution >= 4 is 28.9 Å². The second kappa shape index (κ2) is 10.4. The Morgan fingerprint density at radius 2 is 1.71 bits per heavy atom. The molecule has 0 bridgehead atoms. The third-order valence-electron chi connectivity index (χ3n) is 5.17. The predicted molar refractivity (Wildman–Crippen MR) is 133 cm³/mol. The molecule has 0 aliphatic heterocycles. The maximum Gasteiger partial charge on any atom is 0.343 e. The van der Waals surface area contributed by atoms with Crippen molar-refractivity contribution in [2.24, 2.45) is 5.10 Å². The first-order chi connectivity index (χ1) is 16.5. The molecule has 0 atom stereocenters. The zero-order valence-electron chi connectivity index (χ0n) is 18.9. The Labute approximate surface area is 197 Å². The Kier molecular flexibility index (Phi) is 6.98. The molecule has 170 valence electrons. The zero-order valence-corrected chi connectivity index (χ0v) is 18.9. The van der Waals surface area contributed by atoms with Gasteiger partial charge in [0.25, 0.3) is 5.91 Å². The van der Waals surface area contributed by atoms with Gasteiger partial charge in [0.1, 0.15) is 11.5 Å². The molecule has 1 N–H and O–H groups in total. The van der Waals surface area contributed by atoms with Crippen LogP contribution in [0.4, 0.5) is 0 Å². The minimum atomic E-state index is -0.466. The average molecular weight is 453 g/mol. The first kappa shape index (κ1) is 22.7. The van der Waals surface area contributed by atoms with E-state index < -0.39 is 5.97 Å². The van der Waals surface area contributed by atoms with Crippen LogP contribution in [0, 0.1) is 6.92 Å². The SMILES string of the molecule is CCOc1ccc(C(=O)NN=Cc2c(OC(=O)c3cccc(C)c3)ccc3ccccc23)cc1. The number of nitrogens with zero attached hydrogens (tertiary/aromatic N) is 1. The van der Waals surface area contributed by atoms with Crippen molar-refractivity contribution < 1.29 is 19.1 Å². The number of esters is 1. The van der Waals surface area contributed by atoms with E-state index in [1.807, 2.05) is 56.3 Å². The largest absolute Gasteiger partial charge is 0.494 e. The predicted octanol–water partition coefficient (Wildman–Crippen LogP) is 5.53. The molecule has 1 amide bonds. The number of amides is 1. The number of carbonyl (C=O) groups excluding carboxylic acids is 2. The molecule has 34 heavy (non-hydrogen) atoms. The van der Waals surface area contributed by atoms with Crippen LogP contribution >= 0.6 is 0 Å². The summed E-state index contributed by atoms with van der Waals surface area (Å²) in [5, 5.41) is 5.93. The topological polar surface area (TPSA) is 77.0 Å². The van der Waals surface area contributed by atoms with E-state index in [4.69, 9.17) is 9.47 Å². The van der Waals surface area contributed by atoms with Gasteiger partial charge in [0, 0.05) is 11.1 Å². The molecule has 6 nitrogen and oxygen atoms in total. The Balaban J connectivity index is 1.58. The lowest BCUT2D eigenvalue weighted by atomic mass is 10.0. The van der Waals surface area contributed by atoms with Crippen molar-refractivity contribution in [2.45, 2.75) is 13.8 Å². The minimum Gasteiger partial charge on any atom is -0.494 e. The van der Waals surface area contributed by atoms with Gasteiger partial charge < -0.3 is 9.47 Å². The normalized spacial score (nSPS) is 10.9. The first-order valence-corrected chi connectivity index (χ1v) is 10.9. The smallest absolute Gasteiger partial charge is 0.343 e. The standard InChI is InChI=1S/C28H24N2O4/c1-3-33-23-14-11-21(12-15-23)27(31)30-29-18-25-24-10-5-4-8-20(24)13-16-26(25)34-28(32)22-9-6-7-19(2)17-22/h4-18H,3H2,1-2H3,(H,30,31). The molecule has 0 heterocycles. The van der Waals surface area contributed by atoms with E-state index in [2.05, 4.69) is 10.5 Å². The number of nitrogens with one attached hydrogen (secondary N) is 1. The molecule has 0 aromatic heterocycles. The number of rotatable bonds is 7. The van der Waals surface area contributed by atoms with Crippen LogP contribution in [0.1, 0.15) is 38.8 Å². The van der Waals surface area contributed by atoms with Crippen molar-refractivity contribution in [1.29, 1.82) is 0 Å². The Morgan fingerprint density at radius 1 is 0.912 bits per heavy atom. The monoisotopic (exact) mass is 452 g/mol. The summed E-state index contributed by atoms with van der Waals surface area (Å²) >= 11 is 0. The molecule has 0 saturated heterocycles. The Morgan fingerprint density at radius 3 is 2.47 bits per heavy atom. The fourth-order valence-corrected chi connectivity index (χ4v) is 3.52. The molecule has 0 saturated carbocycles. The third-order valence-corrected chi connectivity index (χ3v) is 5.17. The molecule has 0 unspecified atom stereocenters. The summed E-state index contributed by atoms with van der Waals surface area (Å²) in [5.74, 6) is 0.215. The molecular weight excluding hydrogens is 428 g/mol. The lowest BCUT2D eigenvalue weighted by Gasteiger charge is -2.11. The zero-order chi connectivity index (χ0) is 23.9. The van der Waals surface area contributed by atoms with Crippen molar-refractivity contribution in [2.75, 3.05) is 6.61 Å². The molecule has 0 radical (unpaired) electrons. The number of benzene rings is 4. The van der Waals surface area contributed by atoms with E-state index >= 15 is 0 Å². The lowest BCUT2D eigenvalue weighted by Crippen LogP contribution is -2.17.